The molecular formula is C16H34IN5. The van der Waals surface area contributed by atoms with Crippen molar-refractivity contribution < 1.29 is 0 Å². The van der Waals surface area contributed by atoms with Crippen LogP contribution < -0.4 is 10.6 Å². The first-order valence-electron chi connectivity index (χ1n) is 8.51. The molecule has 6 heteroatoms. The van der Waals surface area contributed by atoms with Gasteiger partial charge in [0.05, 0.1) is 0 Å². The van der Waals surface area contributed by atoms with E-state index in [4.69, 9.17) is 0 Å². The largest absolute Gasteiger partial charge is 0.355 e. The van der Waals surface area contributed by atoms with Gasteiger partial charge in [-0.05, 0) is 53.1 Å². The van der Waals surface area contributed by atoms with Gasteiger partial charge in [0.25, 0.3) is 0 Å². The highest BCUT2D eigenvalue weighted by Crippen LogP contribution is 2.14. The van der Waals surface area contributed by atoms with Gasteiger partial charge < -0.3 is 20.4 Å². The molecule has 2 fully saturated rings. The van der Waals surface area contributed by atoms with Crippen molar-refractivity contribution in [2.45, 2.75) is 57.7 Å². The molecule has 0 aliphatic carbocycles. The molecule has 0 aromatic heterocycles. The Morgan fingerprint density at radius 2 is 1.86 bits per heavy atom. The Bertz CT molecular complexity index is 339. The first-order valence-corrected chi connectivity index (χ1v) is 8.51. The number of nitrogens with one attached hydrogen (secondary N) is 2. The third-order valence-electron chi connectivity index (χ3n) is 5.00. The molecule has 0 aromatic rings. The maximum absolute atomic E-state index is 4.38. The average Bonchev–Trinajstić information content (AvgIpc) is 2.89. The van der Waals surface area contributed by atoms with Crippen LogP contribution in [-0.4, -0.2) is 74.2 Å². The summed E-state index contributed by atoms with van der Waals surface area (Å²) in [5.74, 6) is 0.971. The molecule has 1 atom stereocenters. The van der Waals surface area contributed by atoms with Crippen molar-refractivity contribution in [3.05, 3.63) is 0 Å². The molecule has 2 rings (SSSR count). The quantitative estimate of drug-likeness (QED) is 0.411. The van der Waals surface area contributed by atoms with Gasteiger partial charge in [0.15, 0.2) is 5.96 Å². The minimum atomic E-state index is 0. The summed E-state index contributed by atoms with van der Waals surface area (Å²) in [4.78, 5) is 9.39. The molecule has 2 aliphatic rings. The van der Waals surface area contributed by atoms with Gasteiger partial charge >= 0.3 is 0 Å². The second kappa shape index (κ2) is 9.93. The molecule has 0 saturated carbocycles. The Kier molecular flexibility index (Phi) is 9.01. The van der Waals surface area contributed by atoms with Gasteiger partial charge in [-0.15, -0.1) is 24.0 Å². The molecular weight excluding hydrogens is 389 g/mol. The van der Waals surface area contributed by atoms with Crippen molar-refractivity contribution in [2.24, 2.45) is 4.99 Å². The molecule has 2 aliphatic heterocycles. The van der Waals surface area contributed by atoms with Crippen molar-refractivity contribution >= 4 is 29.9 Å². The summed E-state index contributed by atoms with van der Waals surface area (Å²) >= 11 is 0. The molecule has 0 radical (unpaired) electrons. The molecule has 2 N–H and O–H groups in total. The predicted octanol–water partition coefficient (Wildman–Crippen LogP) is 1.74. The van der Waals surface area contributed by atoms with Gasteiger partial charge in [0.2, 0.25) is 0 Å². The van der Waals surface area contributed by atoms with Crippen molar-refractivity contribution in [1.29, 1.82) is 0 Å². The van der Waals surface area contributed by atoms with Gasteiger partial charge in [-0.3, -0.25) is 4.99 Å². The number of guanidine groups is 1. The monoisotopic (exact) mass is 423 g/mol. The van der Waals surface area contributed by atoms with E-state index in [0.29, 0.717) is 18.1 Å². The number of nitrogens with zero attached hydrogens (tertiary/aromatic N) is 3. The van der Waals surface area contributed by atoms with E-state index in [2.05, 4.69) is 46.3 Å². The Morgan fingerprint density at radius 3 is 2.36 bits per heavy atom. The number of hydrogen-bond acceptors (Lipinski definition) is 3. The molecule has 22 heavy (non-hydrogen) atoms. The third kappa shape index (κ3) is 5.85. The number of aliphatic imine (C=N–C) groups is 1. The average molecular weight is 423 g/mol. The number of likely N-dealkylation sites (N-methyl/N-ethyl adjacent to an activating group) is 1. The fraction of sp³-hybridized carbons (Fsp3) is 0.938. The number of rotatable bonds is 4. The molecule has 0 amide bonds. The maximum atomic E-state index is 4.38. The Hall–Kier alpha value is -0.0800. The van der Waals surface area contributed by atoms with E-state index in [-0.39, 0.29) is 24.0 Å². The lowest BCUT2D eigenvalue weighted by atomic mass is 10.0. The zero-order valence-electron chi connectivity index (χ0n) is 14.6. The summed E-state index contributed by atoms with van der Waals surface area (Å²) in [6, 6.07) is 1.89. The van der Waals surface area contributed by atoms with Crippen molar-refractivity contribution in [1.82, 2.24) is 20.4 Å². The number of halogens is 1. The molecule has 2 heterocycles. The normalized spacial score (nSPS) is 25.3. The molecule has 130 valence electrons. The number of hydrogen-bond donors (Lipinski definition) is 2. The fourth-order valence-corrected chi connectivity index (χ4v) is 3.40. The van der Waals surface area contributed by atoms with E-state index >= 15 is 0 Å². The summed E-state index contributed by atoms with van der Waals surface area (Å²) in [5, 5.41) is 7.10. The lowest BCUT2D eigenvalue weighted by molar-refractivity contribution is 0.167. The first-order chi connectivity index (χ1) is 10.1. The Labute approximate surface area is 153 Å². The van der Waals surface area contributed by atoms with Crippen LogP contribution in [0.4, 0.5) is 0 Å². The first kappa shape index (κ1) is 20.0. The SMILES string of the molecule is CN=C(NCC1CCCN1C)NC1CCN(C(C)C)CC1.I. The summed E-state index contributed by atoms with van der Waals surface area (Å²) in [7, 11) is 4.09. The van der Waals surface area contributed by atoms with Gasteiger partial charge in [0, 0.05) is 44.8 Å². The van der Waals surface area contributed by atoms with E-state index in [1.54, 1.807) is 0 Å². The van der Waals surface area contributed by atoms with Crippen molar-refractivity contribution in [3.8, 4) is 0 Å². The second-order valence-electron chi connectivity index (χ2n) is 6.78. The van der Waals surface area contributed by atoms with Gasteiger partial charge in [-0.2, -0.15) is 0 Å². The van der Waals surface area contributed by atoms with Gasteiger partial charge in [-0.1, -0.05) is 0 Å². The van der Waals surface area contributed by atoms with Gasteiger partial charge in [0.1, 0.15) is 0 Å². The molecule has 0 aromatic carbocycles. The number of likely N-dealkylation sites (tertiary alicyclic amines) is 2. The van der Waals surface area contributed by atoms with E-state index in [1.165, 1.54) is 45.3 Å². The Morgan fingerprint density at radius 1 is 1.18 bits per heavy atom. The summed E-state index contributed by atoms with van der Waals surface area (Å²) in [6.07, 6.45) is 5.04. The highest BCUT2D eigenvalue weighted by Gasteiger charge is 2.23. The molecule has 5 nitrogen and oxygen atoms in total. The van der Waals surface area contributed by atoms with Crippen LogP contribution in [-0.2, 0) is 0 Å². The summed E-state index contributed by atoms with van der Waals surface area (Å²) < 4.78 is 0. The van der Waals surface area contributed by atoms with Crippen LogP contribution in [0.1, 0.15) is 39.5 Å². The zero-order chi connectivity index (χ0) is 15.2. The zero-order valence-corrected chi connectivity index (χ0v) is 17.0. The minimum absolute atomic E-state index is 0. The van der Waals surface area contributed by atoms with E-state index in [0.717, 1.165) is 12.5 Å². The summed E-state index contributed by atoms with van der Waals surface area (Å²) in [5.41, 5.74) is 0. The standard InChI is InChI=1S/C16H33N5.HI/c1-13(2)21-10-7-14(8-11-21)19-16(17-3)18-12-15-6-5-9-20(15)4;/h13-15H,5-12H2,1-4H3,(H2,17,18,19);1H. The fourth-order valence-electron chi connectivity index (χ4n) is 3.40. The molecule has 0 bridgehead atoms. The number of piperidine rings is 1. The van der Waals surface area contributed by atoms with E-state index in [1.807, 2.05) is 7.05 Å². The van der Waals surface area contributed by atoms with Crippen LogP contribution in [0.15, 0.2) is 4.99 Å². The van der Waals surface area contributed by atoms with Crippen LogP contribution in [0.2, 0.25) is 0 Å². The minimum Gasteiger partial charge on any atom is -0.355 e. The molecule has 0 spiro atoms. The third-order valence-corrected chi connectivity index (χ3v) is 5.00. The van der Waals surface area contributed by atoms with E-state index < -0.39 is 0 Å². The Balaban J connectivity index is 0.00000242. The van der Waals surface area contributed by atoms with E-state index in [9.17, 15) is 0 Å². The molecule has 2 saturated heterocycles. The van der Waals surface area contributed by atoms with Crippen molar-refractivity contribution in [2.75, 3.05) is 40.3 Å². The second-order valence-corrected chi connectivity index (χ2v) is 6.78. The van der Waals surface area contributed by atoms with Crippen LogP contribution in [0.5, 0.6) is 0 Å². The van der Waals surface area contributed by atoms with Gasteiger partial charge in [-0.25, -0.2) is 0 Å². The maximum Gasteiger partial charge on any atom is 0.191 e. The van der Waals surface area contributed by atoms with Crippen LogP contribution in [0.25, 0.3) is 0 Å². The lowest BCUT2D eigenvalue weighted by Gasteiger charge is -2.35. The molecule has 1 unspecified atom stereocenters. The van der Waals surface area contributed by atoms with Crippen LogP contribution in [0.3, 0.4) is 0 Å². The highest BCUT2D eigenvalue weighted by molar-refractivity contribution is 14.0. The topological polar surface area (TPSA) is 42.9 Å². The van der Waals surface area contributed by atoms with Crippen LogP contribution in [0, 0.1) is 0 Å². The highest BCUT2D eigenvalue weighted by atomic mass is 127. The van der Waals surface area contributed by atoms with Crippen LogP contribution >= 0.6 is 24.0 Å². The summed E-state index contributed by atoms with van der Waals surface area (Å²) in [6.45, 7) is 9.18. The predicted molar refractivity (Wildman–Crippen MR) is 105 cm³/mol. The smallest absolute Gasteiger partial charge is 0.191 e. The van der Waals surface area contributed by atoms with Crippen molar-refractivity contribution in [3.63, 3.8) is 0 Å². The lowest BCUT2D eigenvalue weighted by Crippen LogP contribution is -2.51.